The molecular weight excluding hydrogens is 236 g/mol. The lowest BCUT2D eigenvalue weighted by atomic mass is 10.1. The Labute approximate surface area is 107 Å². The maximum absolute atomic E-state index is 11.8. The van der Waals surface area contributed by atoms with E-state index in [0.717, 1.165) is 18.2 Å². The Kier molecular flexibility index (Phi) is 7.63. The average Bonchev–Trinajstić information content (AvgIpc) is 2.24. The molecule has 96 valence electrons. The van der Waals surface area contributed by atoms with Crippen LogP contribution in [0.2, 0.25) is 0 Å². The van der Waals surface area contributed by atoms with Crippen molar-refractivity contribution < 1.29 is 14.3 Å². The van der Waals surface area contributed by atoms with Gasteiger partial charge in [0.2, 0.25) is 0 Å². The summed E-state index contributed by atoms with van der Waals surface area (Å²) in [6.45, 7) is 7.22. The molecule has 0 aromatic carbocycles. The number of hydrogen-bond donors (Lipinski definition) is 0. The molecule has 0 aliphatic carbocycles. The largest absolute Gasteiger partial charge is 0.465 e. The molecule has 1 unspecified atom stereocenters. The van der Waals surface area contributed by atoms with Crippen LogP contribution >= 0.6 is 11.8 Å². The Morgan fingerprint density at radius 2 is 1.94 bits per heavy atom. The number of rotatable bonds is 6. The van der Waals surface area contributed by atoms with Gasteiger partial charge in [-0.05, 0) is 20.3 Å². The number of carbonyl (C=O) groups is 2. The molecule has 0 aliphatic heterocycles. The molecular formula is C13H20O3S. The number of carbonyl (C=O) groups excluding carboxylic acids is 2. The van der Waals surface area contributed by atoms with Crippen molar-refractivity contribution in [2.75, 3.05) is 6.61 Å². The van der Waals surface area contributed by atoms with Crippen LogP contribution in [0.15, 0.2) is 24.3 Å². The first kappa shape index (κ1) is 16.0. The van der Waals surface area contributed by atoms with Crippen LogP contribution in [0.25, 0.3) is 0 Å². The zero-order valence-corrected chi connectivity index (χ0v) is 11.7. The van der Waals surface area contributed by atoms with Crippen molar-refractivity contribution in [1.29, 1.82) is 0 Å². The first-order valence-corrected chi connectivity index (χ1v) is 6.49. The van der Waals surface area contributed by atoms with Crippen LogP contribution in [-0.2, 0) is 14.3 Å². The zero-order chi connectivity index (χ0) is 13.3. The van der Waals surface area contributed by atoms with E-state index in [4.69, 9.17) is 4.74 Å². The molecule has 0 aromatic rings. The minimum absolute atomic E-state index is 0.107. The van der Waals surface area contributed by atoms with Gasteiger partial charge in [0.1, 0.15) is 4.75 Å². The van der Waals surface area contributed by atoms with Gasteiger partial charge in [0, 0.05) is 6.92 Å². The summed E-state index contributed by atoms with van der Waals surface area (Å²) in [5.41, 5.74) is 0. The lowest BCUT2D eigenvalue weighted by Gasteiger charge is -2.21. The first-order valence-electron chi connectivity index (χ1n) is 5.67. The number of thioether (sulfide) groups is 1. The molecule has 0 heterocycles. The smallest absolute Gasteiger partial charge is 0.326 e. The summed E-state index contributed by atoms with van der Waals surface area (Å²) in [6.07, 6.45) is 8.23. The minimum atomic E-state index is -0.945. The lowest BCUT2D eigenvalue weighted by Crippen LogP contribution is -2.32. The number of ether oxygens (including phenoxy) is 1. The second-order valence-corrected chi connectivity index (χ2v) is 5.24. The summed E-state index contributed by atoms with van der Waals surface area (Å²) in [5, 5.41) is -0.107. The zero-order valence-electron chi connectivity index (χ0n) is 10.9. The first-order chi connectivity index (χ1) is 7.96. The predicted octanol–water partition coefficient (Wildman–Crippen LogP) is 3.11. The Bertz CT molecular complexity index is 321. The monoisotopic (exact) mass is 256 g/mol. The van der Waals surface area contributed by atoms with Crippen molar-refractivity contribution in [1.82, 2.24) is 0 Å². The van der Waals surface area contributed by atoms with Crippen LogP contribution in [0.4, 0.5) is 0 Å². The second-order valence-electron chi connectivity index (χ2n) is 3.62. The number of hydrogen-bond acceptors (Lipinski definition) is 4. The lowest BCUT2D eigenvalue weighted by molar-refractivity contribution is -0.144. The maximum atomic E-state index is 11.8. The molecule has 0 radical (unpaired) electrons. The third kappa shape index (κ3) is 6.31. The Morgan fingerprint density at radius 1 is 1.29 bits per heavy atom. The topological polar surface area (TPSA) is 43.4 Å². The maximum Gasteiger partial charge on any atom is 0.326 e. The van der Waals surface area contributed by atoms with Gasteiger partial charge in [0.05, 0.1) is 6.61 Å². The number of esters is 1. The molecule has 4 heteroatoms. The van der Waals surface area contributed by atoms with E-state index < -0.39 is 4.75 Å². The van der Waals surface area contributed by atoms with Crippen LogP contribution < -0.4 is 0 Å². The molecule has 0 fully saturated rings. The summed E-state index contributed by atoms with van der Waals surface area (Å²) in [6, 6.07) is 0. The molecule has 0 aliphatic rings. The minimum Gasteiger partial charge on any atom is -0.465 e. The average molecular weight is 256 g/mol. The molecule has 1 atom stereocenters. The van der Waals surface area contributed by atoms with E-state index in [0.29, 0.717) is 6.61 Å². The highest BCUT2D eigenvalue weighted by Crippen LogP contribution is 2.29. The van der Waals surface area contributed by atoms with Gasteiger partial charge in [-0.3, -0.25) is 9.59 Å². The molecule has 0 saturated heterocycles. The van der Waals surface area contributed by atoms with Crippen molar-refractivity contribution in [2.24, 2.45) is 0 Å². The van der Waals surface area contributed by atoms with Crippen LogP contribution in [0.1, 0.15) is 34.1 Å². The normalized spacial score (nSPS) is 15.1. The standard InChI is InChI=1S/C13H20O3S/c1-5-7-8-9-10-13(4,17-11(3)14)12(15)16-6-2/h7-10H,5-6H2,1-4H3. The molecule has 0 rings (SSSR count). The van der Waals surface area contributed by atoms with E-state index in [1.165, 1.54) is 6.92 Å². The molecule has 3 nitrogen and oxygen atoms in total. The summed E-state index contributed by atoms with van der Waals surface area (Å²) >= 11 is 0.974. The van der Waals surface area contributed by atoms with Crippen LogP contribution in [0, 0.1) is 0 Å². The molecule has 0 saturated carbocycles. The molecule has 0 aromatic heterocycles. The summed E-state index contributed by atoms with van der Waals surface area (Å²) in [4.78, 5) is 23.0. The van der Waals surface area contributed by atoms with E-state index >= 15 is 0 Å². The molecule has 0 amide bonds. The van der Waals surface area contributed by atoms with Gasteiger partial charge in [0.15, 0.2) is 5.12 Å². The number of allylic oxidation sites excluding steroid dienone is 3. The van der Waals surface area contributed by atoms with Crippen LogP contribution in [0.5, 0.6) is 0 Å². The van der Waals surface area contributed by atoms with Gasteiger partial charge in [-0.2, -0.15) is 0 Å². The fraction of sp³-hybridized carbons (Fsp3) is 0.538. The summed E-state index contributed by atoms with van der Waals surface area (Å²) in [7, 11) is 0. The summed E-state index contributed by atoms with van der Waals surface area (Å²) < 4.78 is 4.03. The highest BCUT2D eigenvalue weighted by Gasteiger charge is 2.34. The molecule has 17 heavy (non-hydrogen) atoms. The third-order valence-corrected chi connectivity index (χ3v) is 2.95. The van der Waals surface area contributed by atoms with E-state index in [9.17, 15) is 9.59 Å². The molecule has 0 N–H and O–H groups in total. The third-order valence-electron chi connectivity index (χ3n) is 1.93. The predicted molar refractivity (Wildman–Crippen MR) is 71.9 cm³/mol. The van der Waals surface area contributed by atoms with Crippen LogP contribution in [0.3, 0.4) is 0 Å². The Hall–Kier alpha value is -1.03. The highest BCUT2D eigenvalue weighted by atomic mass is 32.2. The van der Waals surface area contributed by atoms with E-state index in [1.807, 2.05) is 19.1 Å². The van der Waals surface area contributed by atoms with Crippen molar-refractivity contribution in [3.63, 3.8) is 0 Å². The Balaban J connectivity index is 4.83. The van der Waals surface area contributed by atoms with Gasteiger partial charge >= 0.3 is 5.97 Å². The van der Waals surface area contributed by atoms with Gasteiger partial charge in [-0.25, -0.2) is 0 Å². The van der Waals surface area contributed by atoms with Gasteiger partial charge in [0.25, 0.3) is 0 Å². The van der Waals surface area contributed by atoms with Gasteiger partial charge in [-0.1, -0.05) is 43.0 Å². The second kappa shape index (κ2) is 8.12. The van der Waals surface area contributed by atoms with Gasteiger partial charge in [-0.15, -0.1) is 0 Å². The van der Waals surface area contributed by atoms with Crippen molar-refractivity contribution >= 4 is 22.8 Å². The quantitative estimate of drug-likeness (QED) is 0.541. The molecule has 0 bridgehead atoms. The van der Waals surface area contributed by atoms with Crippen molar-refractivity contribution in [3.8, 4) is 0 Å². The fourth-order valence-electron chi connectivity index (χ4n) is 1.17. The Morgan fingerprint density at radius 3 is 2.41 bits per heavy atom. The van der Waals surface area contributed by atoms with E-state index in [1.54, 1.807) is 26.0 Å². The van der Waals surface area contributed by atoms with Gasteiger partial charge < -0.3 is 4.74 Å². The summed E-state index contributed by atoms with van der Waals surface area (Å²) in [5.74, 6) is -0.388. The van der Waals surface area contributed by atoms with Crippen LogP contribution in [-0.4, -0.2) is 22.4 Å². The van der Waals surface area contributed by atoms with Crippen molar-refractivity contribution in [3.05, 3.63) is 24.3 Å². The molecule has 0 spiro atoms. The highest BCUT2D eigenvalue weighted by molar-refractivity contribution is 8.15. The fourth-order valence-corrected chi connectivity index (χ4v) is 2.06. The SMILES string of the molecule is CCC=CC=CC(C)(SC(C)=O)C(=O)OCC. The van der Waals surface area contributed by atoms with Crippen molar-refractivity contribution in [2.45, 2.75) is 38.9 Å². The van der Waals surface area contributed by atoms with E-state index in [-0.39, 0.29) is 11.1 Å². The van der Waals surface area contributed by atoms with E-state index in [2.05, 4.69) is 0 Å².